The molecule has 0 bridgehead atoms. The van der Waals surface area contributed by atoms with Gasteiger partial charge in [-0.05, 0) is 55.8 Å². The van der Waals surface area contributed by atoms with E-state index in [-0.39, 0.29) is 16.7 Å². The van der Waals surface area contributed by atoms with E-state index in [1.165, 1.54) is 32.4 Å². The Morgan fingerprint density at radius 1 is 0.943 bits per heavy atom. The van der Waals surface area contributed by atoms with Crippen molar-refractivity contribution in [1.82, 2.24) is 5.32 Å². The Morgan fingerprint density at radius 2 is 1.60 bits per heavy atom. The second kappa shape index (κ2) is 11.6. The first kappa shape index (κ1) is 25.9. The smallest absolute Gasteiger partial charge is 0.264 e. The maximum Gasteiger partial charge on any atom is 0.264 e. The number of benzene rings is 3. The normalized spacial score (nSPS) is 11.9. The highest BCUT2D eigenvalue weighted by Crippen LogP contribution is 2.32. The topological polar surface area (TPSA) is 94.2 Å². The largest absolute Gasteiger partial charge is 0.494 e. The van der Waals surface area contributed by atoms with Crippen LogP contribution in [0.4, 0.5) is 5.69 Å². The van der Waals surface area contributed by atoms with Gasteiger partial charge in [0.2, 0.25) is 5.91 Å². The number of carbonyl (C=O) groups excluding carboxylic acids is 1. The minimum atomic E-state index is -4.10. The summed E-state index contributed by atoms with van der Waals surface area (Å²) in [4.78, 5) is 13.0. The first-order chi connectivity index (χ1) is 16.8. The van der Waals surface area contributed by atoms with Gasteiger partial charge in [0.05, 0.1) is 37.5 Å². The van der Waals surface area contributed by atoms with Gasteiger partial charge in [-0.25, -0.2) is 8.42 Å². The van der Waals surface area contributed by atoms with Gasteiger partial charge in [-0.1, -0.05) is 30.3 Å². The summed E-state index contributed by atoms with van der Waals surface area (Å²) >= 11 is 0. The molecule has 0 saturated carbocycles. The van der Waals surface area contributed by atoms with Crippen molar-refractivity contribution in [3.63, 3.8) is 0 Å². The van der Waals surface area contributed by atoms with Crippen LogP contribution in [0.1, 0.15) is 25.5 Å². The Labute approximate surface area is 206 Å². The molecule has 0 saturated heterocycles. The molecule has 0 aliphatic carbocycles. The molecule has 3 aromatic carbocycles. The van der Waals surface area contributed by atoms with E-state index < -0.39 is 22.5 Å². The van der Waals surface area contributed by atoms with Crippen LogP contribution in [-0.2, 0) is 14.8 Å². The summed E-state index contributed by atoms with van der Waals surface area (Å²) in [6.07, 6.45) is 0. The number of hydrogen-bond acceptors (Lipinski definition) is 6. The Hall–Kier alpha value is -3.72. The molecule has 0 heterocycles. The van der Waals surface area contributed by atoms with E-state index in [4.69, 9.17) is 14.2 Å². The zero-order valence-corrected chi connectivity index (χ0v) is 21.0. The van der Waals surface area contributed by atoms with Crippen LogP contribution in [-0.4, -0.2) is 41.7 Å². The van der Waals surface area contributed by atoms with Gasteiger partial charge in [-0.15, -0.1) is 0 Å². The van der Waals surface area contributed by atoms with E-state index in [0.29, 0.717) is 18.0 Å². The van der Waals surface area contributed by atoms with Crippen LogP contribution in [0.3, 0.4) is 0 Å². The van der Waals surface area contributed by atoms with Gasteiger partial charge >= 0.3 is 0 Å². The molecule has 3 rings (SSSR count). The molecule has 8 nitrogen and oxygen atoms in total. The molecule has 3 aromatic rings. The molecular weight excluding hydrogens is 468 g/mol. The van der Waals surface area contributed by atoms with Crippen LogP contribution in [0.15, 0.2) is 77.7 Å². The van der Waals surface area contributed by atoms with E-state index in [1.54, 1.807) is 30.3 Å². The van der Waals surface area contributed by atoms with Crippen molar-refractivity contribution in [2.75, 3.05) is 31.7 Å². The van der Waals surface area contributed by atoms with Crippen molar-refractivity contribution in [1.29, 1.82) is 0 Å². The highest BCUT2D eigenvalue weighted by Gasteiger charge is 2.28. The molecule has 9 heteroatoms. The van der Waals surface area contributed by atoms with Gasteiger partial charge < -0.3 is 19.5 Å². The first-order valence-corrected chi connectivity index (χ1v) is 12.6. The van der Waals surface area contributed by atoms with Crippen molar-refractivity contribution in [3.8, 4) is 17.2 Å². The van der Waals surface area contributed by atoms with Gasteiger partial charge in [0.15, 0.2) is 11.5 Å². The van der Waals surface area contributed by atoms with Gasteiger partial charge in [0.25, 0.3) is 10.0 Å². The SMILES string of the molecule is CCOc1ccc([C@@H](C)NC(=O)CN(c2ccccc2)S(=O)(=O)c2ccc(OC)c(OC)c2)cc1. The molecular formula is C26H30N2O6S. The van der Waals surface area contributed by atoms with Crippen LogP contribution in [0.5, 0.6) is 17.2 Å². The van der Waals surface area contributed by atoms with Crippen LogP contribution in [0.2, 0.25) is 0 Å². The van der Waals surface area contributed by atoms with Gasteiger partial charge in [-0.2, -0.15) is 0 Å². The van der Waals surface area contributed by atoms with E-state index in [1.807, 2.05) is 38.1 Å². The molecule has 0 radical (unpaired) electrons. The maximum atomic E-state index is 13.6. The lowest BCUT2D eigenvalue weighted by molar-refractivity contribution is -0.120. The summed E-state index contributed by atoms with van der Waals surface area (Å²) in [5.74, 6) is 0.972. The predicted molar refractivity (Wildman–Crippen MR) is 135 cm³/mol. The fraction of sp³-hybridized carbons (Fsp3) is 0.269. The Morgan fingerprint density at radius 3 is 2.20 bits per heavy atom. The number of carbonyl (C=O) groups is 1. The Balaban J connectivity index is 1.86. The standard InChI is InChI=1S/C26H30N2O6S/c1-5-34-22-13-11-20(12-14-22)19(2)27-26(29)18-28(21-9-7-6-8-10-21)35(30,31)23-15-16-24(32-3)25(17-23)33-4/h6-17,19H,5,18H2,1-4H3,(H,27,29)/t19-/m1/s1. The molecule has 0 aliphatic rings. The molecule has 186 valence electrons. The lowest BCUT2D eigenvalue weighted by Crippen LogP contribution is -2.41. The third-order valence-electron chi connectivity index (χ3n) is 5.34. The van der Waals surface area contributed by atoms with Gasteiger partial charge in [0, 0.05) is 6.07 Å². The number of amides is 1. The molecule has 1 N–H and O–H groups in total. The number of rotatable bonds is 11. The summed E-state index contributed by atoms with van der Waals surface area (Å²) in [5, 5.41) is 2.88. The second-order valence-corrected chi connectivity index (χ2v) is 9.52. The molecule has 0 unspecified atom stereocenters. The van der Waals surface area contributed by atoms with Crippen molar-refractivity contribution >= 4 is 21.6 Å². The quantitative estimate of drug-likeness (QED) is 0.426. The number of hydrogen-bond donors (Lipinski definition) is 1. The summed E-state index contributed by atoms with van der Waals surface area (Å²) < 4.78 is 44.3. The summed E-state index contributed by atoms with van der Waals surface area (Å²) in [5.41, 5.74) is 1.24. The minimum Gasteiger partial charge on any atom is -0.494 e. The molecule has 1 amide bonds. The van der Waals surface area contributed by atoms with Crippen molar-refractivity contribution in [2.24, 2.45) is 0 Å². The molecule has 0 aromatic heterocycles. The van der Waals surface area contributed by atoms with E-state index in [2.05, 4.69) is 5.32 Å². The van der Waals surface area contributed by atoms with Crippen LogP contribution in [0.25, 0.3) is 0 Å². The minimum absolute atomic E-state index is 0.0219. The lowest BCUT2D eigenvalue weighted by Gasteiger charge is -2.25. The van der Waals surface area contributed by atoms with Gasteiger partial charge in [0.1, 0.15) is 12.3 Å². The molecule has 0 aliphatic heterocycles. The fourth-order valence-electron chi connectivity index (χ4n) is 3.53. The number of sulfonamides is 1. The number of nitrogens with zero attached hydrogens (tertiary/aromatic N) is 1. The highest BCUT2D eigenvalue weighted by molar-refractivity contribution is 7.92. The maximum absolute atomic E-state index is 13.6. The third kappa shape index (κ3) is 6.24. The molecule has 0 fully saturated rings. The Bertz CT molecular complexity index is 1230. The Kier molecular flexibility index (Phi) is 8.59. The number of ether oxygens (including phenoxy) is 3. The summed E-state index contributed by atoms with van der Waals surface area (Å²) in [7, 11) is -1.20. The summed E-state index contributed by atoms with van der Waals surface area (Å²) in [6, 6.07) is 19.9. The van der Waals surface area contributed by atoms with Crippen LogP contribution < -0.4 is 23.8 Å². The first-order valence-electron chi connectivity index (χ1n) is 11.1. The van der Waals surface area contributed by atoms with E-state index in [9.17, 15) is 13.2 Å². The van der Waals surface area contributed by atoms with Crippen molar-refractivity contribution < 1.29 is 27.4 Å². The monoisotopic (exact) mass is 498 g/mol. The second-order valence-electron chi connectivity index (χ2n) is 7.66. The average Bonchev–Trinajstić information content (AvgIpc) is 2.87. The number of methoxy groups -OCH3 is 2. The lowest BCUT2D eigenvalue weighted by atomic mass is 10.1. The van der Waals surface area contributed by atoms with E-state index in [0.717, 1.165) is 15.6 Å². The molecule has 1 atom stereocenters. The predicted octanol–water partition coefficient (Wildman–Crippen LogP) is 4.18. The zero-order chi connectivity index (χ0) is 25.4. The van der Waals surface area contributed by atoms with Crippen molar-refractivity contribution in [2.45, 2.75) is 24.8 Å². The number of anilines is 1. The number of para-hydroxylation sites is 1. The average molecular weight is 499 g/mol. The van der Waals surface area contributed by atoms with Crippen LogP contribution in [0, 0.1) is 0 Å². The third-order valence-corrected chi connectivity index (χ3v) is 7.11. The molecule has 35 heavy (non-hydrogen) atoms. The molecule has 0 spiro atoms. The van der Waals surface area contributed by atoms with Gasteiger partial charge in [-0.3, -0.25) is 9.10 Å². The number of nitrogens with one attached hydrogen (secondary N) is 1. The van der Waals surface area contributed by atoms with Crippen LogP contribution >= 0.6 is 0 Å². The van der Waals surface area contributed by atoms with E-state index >= 15 is 0 Å². The summed E-state index contributed by atoms with van der Waals surface area (Å²) in [6.45, 7) is 3.91. The highest BCUT2D eigenvalue weighted by atomic mass is 32.2. The fourth-order valence-corrected chi connectivity index (χ4v) is 4.97. The zero-order valence-electron chi connectivity index (χ0n) is 20.2. The van der Waals surface area contributed by atoms with Crippen molar-refractivity contribution in [3.05, 3.63) is 78.4 Å².